The lowest BCUT2D eigenvalue weighted by Crippen LogP contribution is -2.36. The molecule has 110 valence electrons. The van der Waals surface area contributed by atoms with Crippen molar-refractivity contribution in [2.24, 2.45) is 5.92 Å². The Balaban J connectivity index is 0.00000147. The molecule has 5 heteroatoms. The molecule has 0 spiro atoms. The molecule has 0 heterocycles. The summed E-state index contributed by atoms with van der Waals surface area (Å²) < 4.78 is 1.16. The van der Waals surface area contributed by atoms with Crippen molar-refractivity contribution in [2.45, 2.75) is 31.7 Å². The van der Waals surface area contributed by atoms with Crippen LogP contribution in [0.1, 0.15) is 36.4 Å². The van der Waals surface area contributed by atoms with E-state index in [2.05, 4.69) is 38.7 Å². The molecule has 1 fully saturated rings. The maximum absolute atomic E-state index is 11.9. The molecular formula is C15H20BrClN2O. The molecule has 2 aliphatic carbocycles. The van der Waals surface area contributed by atoms with Crippen LogP contribution in [0.2, 0.25) is 0 Å². The third-order valence-corrected chi connectivity index (χ3v) is 4.71. The van der Waals surface area contributed by atoms with Crippen molar-refractivity contribution in [1.29, 1.82) is 0 Å². The summed E-state index contributed by atoms with van der Waals surface area (Å²) in [6, 6.07) is 6.41. The lowest BCUT2D eigenvalue weighted by molar-refractivity contribution is -0.121. The van der Waals surface area contributed by atoms with Gasteiger partial charge in [-0.05, 0) is 55.3 Å². The number of carbonyl (C=O) groups excluding carboxylic acids is 1. The van der Waals surface area contributed by atoms with Gasteiger partial charge in [0.05, 0.1) is 12.6 Å². The van der Waals surface area contributed by atoms with Crippen molar-refractivity contribution < 1.29 is 4.79 Å². The van der Waals surface area contributed by atoms with Gasteiger partial charge in [0.25, 0.3) is 0 Å². The number of rotatable bonds is 5. The molecule has 2 aliphatic rings. The van der Waals surface area contributed by atoms with Gasteiger partial charge in [-0.25, -0.2) is 0 Å². The zero-order chi connectivity index (χ0) is 13.2. The molecule has 20 heavy (non-hydrogen) atoms. The molecule has 0 radical (unpaired) electrons. The van der Waals surface area contributed by atoms with Crippen molar-refractivity contribution >= 4 is 34.2 Å². The van der Waals surface area contributed by atoms with Gasteiger partial charge in [0.2, 0.25) is 5.91 Å². The van der Waals surface area contributed by atoms with Gasteiger partial charge in [-0.2, -0.15) is 0 Å². The molecular weight excluding hydrogens is 340 g/mol. The summed E-state index contributed by atoms with van der Waals surface area (Å²) in [5.41, 5.74) is 2.61. The molecule has 1 amide bonds. The highest BCUT2D eigenvalue weighted by atomic mass is 79.9. The molecule has 1 aromatic rings. The van der Waals surface area contributed by atoms with Crippen LogP contribution < -0.4 is 10.6 Å². The van der Waals surface area contributed by atoms with E-state index in [-0.39, 0.29) is 24.4 Å². The highest BCUT2D eigenvalue weighted by Gasteiger charge is 2.25. The molecule has 3 rings (SSSR count). The van der Waals surface area contributed by atoms with E-state index in [4.69, 9.17) is 0 Å². The van der Waals surface area contributed by atoms with E-state index in [1.54, 1.807) is 0 Å². The zero-order valence-corrected chi connectivity index (χ0v) is 13.7. The SMILES string of the molecule is Cl.O=C(CNCC1CC1)NC1CCc2c(Br)cccc21. The van der Waals surface area contributed by atoms with Crippen LogP contribution in [0.25, 0.3) is 0 Å². The first-order valence-corrected chi connectivity index (χ1v) is 7.80. The van der Waals surface area contributed by atoms with Gasteiger partial charge < -0.3 is 10.6 Å². The maximum Gasteiger partial charge on any atom is 0.234 e. The van der Waals surface area contributed by atoms with Crippen molar-refractivity contribution in [2.75, 3.05) is 13.1 Å². The third-order valence-electron chi connectivity index (χ3n) is 3.96. The molecule has 0 saturated heterocycles. The summed E-state index contributed by atoms with van der Waals surface area (Å²) in [6.07, 6.45) is 4.68. The van der Waals surface area contributed by atoms with Crippen LogP contribution in [-0.4, -0.2) is 19.0 Å². The Kier molecular flexibility index (Phi) is 5.47. The number of nitrogens with one attached hydrogen (secondary N) is 2. The standard InChI is InChI=1S/C15H19BrN2O.ClH/c16-13-3-1-2-12-11(13)6-7-14(12)18-15(19)9-17-8-10-4-5-10;/h1-3,10,14,17H,4-9H2,(H,18,19);1H. The molecule has 1 unspecified atom stereocenters. The fourth-order valence-electron chi connectivity index (χ4n) is 2.72. The van der Waals surface area contributed by atoms with E-state index in [0.717, 1.165) is 29.8 Å². The number of carbonyl (C=O) groups is 1. The first kappa shape index (κ1) is 15.8. The highest BCUT2D eigenvalue weighted by Crippen LogP contribution is 2.35. The molecule has 1 atom stereocenters. The summed E-state index contributed by atoms with van der Waals surface area (Å²) in [6.45, 7) is 1.43. The number of hydrogen-bond acceptors (Lipinski definition) is 2. The van der Waals surface area contributed by atoms with Crippen LogP contribution in [0.3, 0.4) is 0 Å². The van der Waals surface area contributed by atoms with Gasteiger partial charge in [0.1, 0.15) is 0 Å². The van der Waals surface area contributed by atoms with Gasteiger partial charge >= 0.3 is 0 Å². The normalized spacial score (nSPS) is 20.1. The number of amides is 1. The smallest absolute Gasteiger partial charge is 0.234 e. The number of benzene rings is 1. The molecule has 0 aliphatic heterocycles. The van der Waals surface area contributed by atoms with Gasteiger partial charge in [-0.1, -0.05) is 28.1 Å². The Bertz CT molecular complexity index is 491. The lowest BCUT2D eigenvalue weighted by Gasteiger charge is -2.14. The quantitative estimate of drug-likeness (QED) is 0.848. The molecule has 1 saturated carbocycles. The first-order chi connectivity index (χ1) is 9.24. The summed E-state index contributed by atoms with van der Waals surface area (Å²) in [5.74, 6) is 0.925. The van der Waals surface area contributed by atoms with E-state index in [1.165, 1.54) is 24.0 Å². The largest absolute Gasteiger partial charge is 0.348 e. The molecule has 1 aromatic carbocycles. The third kappa shape index (κ3) is 3.74. The fraction of sp³-hybridized carbons (Fsp3) is 0.533. The van der Waals surface area contributed by atoms with Gasteiger partial charge in [0, 0.05) is 4.47 Å². The molecule has 2 N–H and O–H groups in total. The van der Waals surface area contributed by atoms with Crippen LogP contribution in [0.5, 0.6) is 0 Å². The molecule has 3 nitrogen and oxygen atoms in total. The van der Waals surface area contributed by atoms with Crippen LogP contribution in [0, 0.1) is 5.92 Å². The number of hydrogen-bond donors (Lipinski definition) is 2. The lowest BCUT2D eigenvalue weighted by atomic mass is 10.1. The van der Waals surface area contributed by atoms with Crippen molar-refractivity contribution in [1.82, 2.24) is 10.6 Å². The van der Waals surface area contributed by atoms with Gasteiger partial charge in [0.15, 0.2) is 0 Å². The predicted molar refractivity (Wildman–Crippen MR) is 86.2 cm³/mol. The van der Waals surface area contributed by atoms with E-state index in [0.29, 0.717) is 6.54 Å². The summed E-state index contributed by atoms with van der Waals surface area (Å²) >= 11 is 3.58. The van der Waals surface area contributed by atoms with E-state index >= 15 is 0 Å². The topological polar surface area (TPSA) is 41.1 Å². The second kappa shape index (κ2) is 6.92. The number of halogens is 2. The second-order valence-corrected chi connectivity index (χ2v) is 6.40. The Morgan fingerprint density at radius 3 is 2.85 bits per heavy atom. The minimum atomic E-state index is 0. The van der Waals surface area contributed by atoms with Crippen molar-refractivity contribution in [3.8, 4) is 0 Å². The van der Waals surface area contributed by atoms with Crippen molar-refractivity contribution in [3.63, 3.8) is 0 Å². The Morgan fingerprint density at radius 2 is 2.10 bits per heavy atom. The number of fused-ring (bicyclic) bond motifs is 1. The van der Waals surface area contributed by atoms with Crippen LogP contribution in [-0.2, 0) is 11.2 Å². The Labute approximate surface area is 134 Å². The van der Waals surface area contributed by atoms with Crippen LogP contribution >= 0.6 is 28.3 Å². The maximum atomic E-state index is 11.9. The first-order valence-electron chi connectivity index (χ1n) is 7.01. The average Bonchev–Trinajstić information content (AvgIpc) is 3.12. The second-order valence-electron chi connectivity index (χ2n) is 5.54. The summed E-state index contributed by atoms with van der Waals surface area (Å²) in [7, 11) is 0. The van der Waals surface area contributed by atoms with Gasteiger partial charge in [-0.3, -0.25) is 4.79 Å². The highest BCUT2D eigenvalue weighted by molar-refractivity contribution is 9.10. The predicted octanol–water partition coefficient (Wildman–Crippen LogP) is 2.97. The minimum absolute atomic E-state index is 0. The van der Waals surface area contributed by atoms with Gasteiger partial charge in [-0.15, -0.1) is 12.4 Å². The van der Waals surface area contributed by atoms with Crippen LogP contribution in [0.4, 0.5) is 0 Å². The molecule has 0 aromatic heterocycles. The fourth-order valence-corrected chi connectivity index (χ4v) is 3.30. The Hall–Kier alpha value is -0.580. The minimum Gasteiger partial charge on any atom is -0.348 e. The van der Waals surface area contributed by atoms with E-state index in [9.17, 15) is 4.79 Å². The zero-order valence-electron chi connectivity index (χ0n) is 11.3. The van der Waals surface area contributed by atoms with E-state index in [1.807, 2.05) is 6.07 Å². The molecule has 0 bridgehead atoms. The van der Waals surface area contributed by atoms with Crippen LogP contribution in [0.15, 0.2) is 22.7 Å². The monoisotopic (exact) mass is 358 g/mol. The van der Waals surface area contributed by atoms with E-state index < -0.39 is 0 Å². The Morgan fingerprint density at radius 1 is 1.30 bits per heavy atom. The van der Waals surface area contributed by atoms with Crippen molar-refractivity contribution in [3.05, 3.63) is 33.8 Å². The summed E-state index contributed by atoms with van der Waals surface area (Å²) in [5, 5.41) is 6.37. The summed E-state index contributed by atoms with van der Waals surface area (Å²) in [4.78, 5) is 11.9. The average molecular weight is 360 g/mol.